The zero-order chi connectivity index (χ0) is 43.3. The Bertz CT molecular complexity index is 4300. The number of rotatable bonds is 5. The van der Waals surface area contributed by atoms with Gasteiger partial charge in [0.25, 0.3) is 0 Å². The van der Waals surface area contributed by atoms with Crippen LogP contribution in [0.15, 0.2) is 223 Å². The van der Waals surface area contributed by atoms with Crippen molar-refractivity contribution in [1.82, 2.24) is 19.5 Å². The van der Waals surface area contributed by atoms with Crippen LogP contribution in [0, 0.1) is 0 Å². The van der Waals surface area contributed by atoms with Crippen LogP contribution in [-0.2, 0) is 0 Å². The molecular formula is C61H36N4O. The Labute approximate surface area is 378 Å². The summed E-state index contributed by atoms with van der Waals surface area (Å²) in [5.74, 6) is 1.79. The summed E-state index contributed by atoms with van der Waals surface area (Å²) in [6.45, 7) is 0. The lowest BCUT2D eigenvalue weighted by Crippen LogP contribution is -2.01. The van der Waals surface area contributed by atoms with E-state index in [-0.39, 0.29) is 0 Å². The smallest absolute Gasteiger partial charge is 0.164 e. The van der Waals surface area contributed by atoms with Gasteiger partial charge >= 0.3 is 0 Å². The van der Waals surface area contributed by atoms with E-state index in [1.54, 1.807) is 0 Å². The summed E-state index contributed by atoms with van der Waals surface area (Å²) in [6.07, 6.45) is 0. The largest absolute Gasteiger partial charge is 0.456 e. The number of para-hydroxylation sites is 1. The lowest BCUT2D eigenvalue weighted by Gasteiger charge is -2.13. The molecule has 5 nitrogen and oxygen atoms in total. The second kappa shape index (κ2) is 14.3. The van der Waals surface area contributed by atoms with Gasteiger partial charge in [-0.2, -0.15) is 0 Å². The van der Waals surface area contributed by atoms with E-state index < -0.39 is 0 Å². The quantitative estimate of drug-likeness (QED) is 0.162. The van der Waals surface area contributed by atoms with Crippen molar-refractivity contribution >= 4 is 86.8 Å². The fourth-order valence-corrected chi connectivity index (χ4v) is 10.3. The minimum atomic E-state index is 0.575. The van der Waals surface area contributed by atoms with Crippen LogP contribution in [0.1, 0.15) is 0 Å². The highest BCUT2D eigenvalue weighted by molar-refractivity contribution is 6.20. The van der Waals surface area contributed by atoms with Crippen molar-refractivity contribution in [2.24, 2.45) is 0 Å². The van der Waals surface area contributed by atoms with Crippen molar-refractivity contribution in [3.8, 4) is 51.0 Å². The molecular weight excluding hydrogens is 805 g/mol. The maximum Gasteiger partial charge on any atom is 0.164 e. The Kier molecular flexibility index (Phi) is 7.91. The minimum absolute atomic E-state index is 0.575. The molecule has 0 fully saturated rings. The molecule has 0 aliphatic carbocycles. The predicted octanol–water partition coefficient (Wildman–Crippen LogP) is 16.1. The Morgan fingerprint density at radius 2 is 0.955 bits per heavy atom. The van der Waals surface area contributed by atoms with Crippen molar-refractivity contribution in [2.45, 2.75) is 0 Å². The van der Waals surface area contributed by atoms with E-state index in [1.165, 1.54) is 38.0 Å². The molecule has 0 saturated heterocycles. The van der Waals surface area contributed by atoms with Crippen LogP contribution in [0.4, 0.5) is 0 Å². The number of hydrogen-bond donors (Lipinski definition) is 0. The predicted molar refractivity (Wildman–Crippen MR) is 273 cm³/mol. The third kappa shape index (κ3) is 5.70. The Morgan fingerprint density at radius 3 is 1.80 bits per heavy atom. The lowest BCUT2D eigenvalue weighted by molar-refractivity contribution is 0.669. The van der Waals surface area contributed by atoms with Gasteiger partial charge in [0.15, 0.2) is 17.5 Å². The van der Waals surface area contributed by atoms with Gasteiger partial charge in [-0.15, -0.1) is 0 Å². The second-order valence-corrected chi connectivity index (χ2v) is 17.2. The SMILES string of the molecule is c1ccc(-c2cccc(-c3nc(-c4ccc5c(c4)oc4ccc6ccc(-n7c8ccccc8c8cc9ccccc9cc87)cc6c45)nc(-c4cc5ccccc5c5ccccc45)n3)c2)cc1. The summed E-state index contributed by atoms with van der Waals surface area (Å²) in [5, 5.41) is 13.9. The summed E-state index contributed by atoms with van der Waals surface area (Å²) in [7, 11) is 0. The van der Waals surface area contributed by atoms with Crippen molar-refractivity contribution < 1.29 is 4.42 Å². The van der Waals surface area contributed by atoms with Gasteiger partial charge in [-0.05, 0) is 115 Å². The van der Waals surface area contributed by atoms with Crippen LogP contribution in [0.25, 0.3) is 138 Å². The zero-order valence-corrected chi connectivity index (χ0v) is 35.5. The molecule has 14 rings (SSSR count). The molecule has 66 heavy (non-hydrogen) atoms. The topological polar surface area (TPSA) is 56.7 Å². The Balaban J connectivity index is 0.957. The first-order chi connectivity index (χ1) is 32.7. The van der Waals surface area contributed by atoms with Crippen LogP contribution in [0.5, 0.6) is 0 Å². The van der Waals surface area contributed by atoms with Crippen LogP contribution < -0.4 is 0 Å². The maximum atomic E-state index is 6.76. The van der Waals surface area contributed by atoms with Gasteiger partial charge in [-0.3, -0.25) is 0 Å². The number of hydrogen-bond acceptors (Lipinski definition) is 4. The van der Waals surface area contributed by atoms with E-state index >= 15 is 0 Å². The van der Waals surface area contributed by atoms with E-state index in [9.17, 15) is 0 Å². The van der Waals surface area contributed by atoms with Crippen LogP contribution >= 0.6 is 0 Å². The molecule has 0 N–H and O–H groups in total. The van der Waals surface area contributed by atoms with E-state index in [1.807, 2.05) is 6.07 Å². The highest BCUT2D eigenvalue weighted by atomic mass is 16.3. The van der Waals surface area contributed by atoms with E-state index in [0.717, 1.165) is 82.4 Å². The van der Waals surface area contributed by atoms with Crippen molar-refractivity contribution in [1.29, 1.82) is 0 Å². The van der Waals surface area contributed by atoms with Crippen LogP contribution in [0.2, 0.25) is 0 Å². The normalized spacial score (nSPS) is 11.9. The van der Waals surface area contributed by atoms with Crippen molar-refractivity contribution in [3.63, 3.8) is 0 Å². The van der Waals surface area contributed by atoms with Crippen LogP contribution in [0.3, 0.4) is 0 Å². The Hall–Kier alpha value is -8.93. The molecule has 0 amide bonds. The minimum Gasteiger partial charge on any atom is -0.456 e. The van der Waals surface area contributed by atoms with Crippen molar-refractivity contribution in [2.75, 3.05) is 0 Å². The average Bonchev–Trinajstić information content (AvgIpc) is 3.93. The van der Waals surface area contributed by atoms with Gasteiger partial charge in [-0.1, -0.05) is 158 Å². The molecule has 0 atom stereocenters. The molecule has 0 spiro atoms. The maximum absolute atomic E-state index is 6.76. The summed E-state index contributed by atoms with van der Waals surface area (Å²) >= 11 is 0. The zero-order valence-electron chi connectivity index (χ0n) is 35.5. The van der Waals surface area contributed by atoms with Gasteiger partial charge in [0, 0.05) is 43.9 Å². The van der Waals surface area contributed by atoms with Gasteiger partial charge in [0.05, 0.1) is 11.0 Å². The third-order valence-corrected chi connectivity index (χ3v) is 13.4. The highest BCUT2D eigenvalue weighted by Crippen LogP contribution is 2.41. The number of furan rings is 1. The standard InChI is InChI=1S/C61H36N4O/c1-2-13-37(14-3-1)39-18-12-19-43(31-39)59-62-60(64-61(63-59)53-33-42-17-6-7-20-46(42)47-21-8-9-22-48(47)53)44-26-29-50-57(35-44)66-56-30-27-38-25-28-45(36-51(38)58(50)56)65-54-24-11-10-23-49(54)52-32-40-15-4-5-16-41(40)34-55(52)65/h1-36H. The number of fused-ring (bicyclic) bond motifs is 12. The number of aromatic nitrogens is 4. The fraction of sp³-hybridized carbons (Fsp3) is 0. The average molecular weight is 841 g/mol. The molecule has 11 aromatic carbocycles. The molecule has 3 heterocycles. The van der Waals surface area contributed by atoms with Gasteiger partial charge in [0.2, 0.25) is 0 Å². The molecule has 0 unspecified atom stereocenters. The molecule has 306 valence electrons. The van der Waals surface area contributed by atoms with Gasteiger partial charge in [-0.25, -0.2) is 15.0 Å². The Morgan fingerprint density at radius 1 is 0.303 bits per heavy atom. The highest BCUT2D eigenvalue weighted by Gasteiger charge is 2.20. The van der Waals surface area contributed by atoms with Gasteiger partial charge in [0.1, 0.15) is 11.2 Å². The fourth-order valence-electron chi connectivity index (χ4n) is 10.3. The van der Waals surface area contributed by atoms with E-state index in [0.29, 0.717) is 17.5 Å². The summed E-state index contributed by atoms with van der Waals surface area (Å²) < 4.78 is 9.17. The summed E-state index contributed by atoms with van der Waals surface area (Å²) in [6, 6.07) is 77.5. The summed E-state index contributed by atoms with van der Waals surface area (Å²) in [5.41, 5.74) is 10.0. The van der Waals surface area contributed by atoms with Gasteiger partial charge < -0.3 is 8.98 Å². The van der Waals surface area contributed by atoms with Crippen molar-refractivity contribution in [3.05, 3.63) is 218 Å². The van der Waals surface area contributed by atoms with E-state index in [2.05, 4.69) is 217 Å². The second-order valence-electron chi connectivity index (χ2n) is 17.2. The van der Waals surface area contributed by atoms with Crippen LogP contribution in [-0.4, -0.2) is 19.5 Å². The molecule has 0 radical (unpaired) electrons. The molecule has 0 saturated carbocycles. The third-order valence-electron chi connectivity index (χ3n) is 13.4. The first-order valence-corrected chi connectivity index (χ1v) is 22.3. The molecule has 3 aromatic heterocycles. The lowest BCUT2D eigenvalue weighted by atomic mass is 9.96. The first-order valence-electron chi connectivity index (χ1n) is 22.3. The monoisotopic (exact) mass is 840 g/mol. The molecule has 0 bridgehead atoms. The molecule has 0 aliphatic rings. The molecule has 0 aliphatic heterocycles. The molecule has 14 aromatic rings. The number of benzene rings is 11. The van der Waals surface area contributed by atoms with E-state index in [4.69, 9.17) is 19.4 Å². The first kappa shape index (κ1) is 36.5. The molecule has 5 heteroatoms. The summed E-state index contributed by atoms with van der Waals surface area (Å²) in [4.78, 5) is 15.8. The number of nitrogens with zero attached hydrogens (tertiary/aromatic N) is 4.